The zero-order chi connectivity index (χ0) is 13.9. The van der Waals surface area contributed by atoms with Crippen LogP contribution in [0.3, 0.4) is 0 Å². The fourth-order valence-corrected chi connectivity index (χ4v) is 1.95. The summed E-state index contributed by atoms with van der Waals surface area (Å²) in [6.45, 7) is 0.0419. The Morgan fingerprint density at radius 2 is 2.00 bits per heavy atom. The Balaban J connectivity index is 2.21. The molecule has 0 aliphatic heterocycles. The minimum Gasteiger partial charge on any atom is -0.330 e. The van der Waals surface area contributed by atoms with Gasteiger partial charge in [-0.25, -0.2) is 4.98 Å². The molecule has 4 nitrogen and oxygen atoms in total. The van der Waals surface area contributed by atoms with Gasteiger partial charge in [-0.2, -0.15) is 0 Å². The predicted molar refractivity (Wildman–Crippen MR) is 64.5 cm³/mol. The molecule has 2 N–H and O–H groups in total. The smallest absolute Gasteiger partial charge is 0.330 e. The van der Waals surface area contributed by atoms with Gasteiger partial charge in [0.2, 0.25) is 0 Å². The number of halogens is 3. The molecule has 1 aromatic heterocycles. The van der Waals surface area contributed by atoms with Crippen molar-refractivity contribution in [2.45, 2.75) is 19.3 Å². The molecule has 1 heterocycles. The highest BCUT2D eigenvalue weighted by molar-refractivity contribution is 5.75. The van der Waals surface area contributed by atoms with E-state index in [0.29, 0.717) is 18.8 Å². The average molecular weight is 273 g/mol. The number of aromatic nitrogens is 2. The number of hydrogen-bond donors (Lipinski definition) is 1. The molecule has 19 heavy (non-hydrogen) atoms. The van der Waals surface area contributed by atoms with Crippen LogP contribution in [0.2, 0.25) is 0 Å². The summed E-state index contributed by atoms with van der Waals surface area (Å²) in [6.07, 6.45) is -4.09. The number of ether oxygens (including phenoxy) is 1. The van der Waals surface area contributed by atoms with Gasteiger partial charge in [0.25, 0.3) is 0 Å². The molecule has 0 aliphatic carbocycles. The summed E-state index contributed by atoms with van der Waals surface area (Å²) in [7, 11) is 0. The highest BCUT2D eigenvalue weighted by Gasteiger charge is 2.28. The summed E-state index contributed by atoms with van der Waals surface area (Å²) in [5, 5.41) is 0. The van der Waals surface area contributed by atoms with E-state index < -0.39 is 13.0 Å². The molecule has 0 atom stereocenters. The number of benzene rings is 1. The number of nitrogens with zero attached hydrogens (tertiary/aromatic N) is 2. The monoisotopic (exact) mass is 273 g/mol. The Kier molecular flexibility index (Phi) is 4.06. The number of rotatable bonds is 5. The Morgan fingerprint density at radius 3 is 2.68 bits per heavy atom. The van der Waals surface area contributed by atoms with E-state index >= 15 is 0 Å². The van der Waals surface area contributed by atoms with Crippen molar-refractivity contribution in [2.24, 2.45) is 5.73 Å². The summed E-state index contributed by atoms with van der Waals surface area (Å²) in [5.74, 6) is 0.675. The van der Waals surface area contributed by atoms with Gasteiger partial charge < -0.3 is 10.3 Å². The van der Waals surface area contributed by atoms with Crippen LogP contribution in [-0.4, -0.2) is 29.1 Å². The van der Waals surface area contributed by atoms with Crippen LogP contribution in [0.4, 0.5) is 13.2 Å². The SMILES string of the molecule is NCCc1nc2ccccc2n1CCOC(F)(F)F. The van der Waals surface area contributed by atoms with Gasteiger partial charge in [0, 0.05) is 13.0 Å². The van der Waals surface area contributed by atoms with Crippen LogP contribution in [0.15, 0.2) is 24.3 Å². The fourth-order valence-electron chi connectivity index (χ4n) is 1.95. The molecule has 1 aromatic carbocycles. The van der Waals surface area contributed by atoms with Crippen molar-refractivity contribution in [3.8, 4) is 0 Å². The zero-order valence-corrected chi connectivity index (χ0v) is 10.2. The maximum absolute atomic E-state index is 12.0. The van der Waals surface area contributed by atoms with E-state index in [1.54, 1.807) is 4.57 Å². The molecular weight excluding hydrogens is 259 g/mol. The first-order chi connectivity index (χ1) is 9.01. The van der Waals surface area contributed by atoms with E-state index in [9.17, 15) is 13.2 Å². The van der Waals surface area contributed by atoms with Crippen LogP contribution < -0.4 is 5.73 Å². The lowest BCUT2D eigenvalue weighted by Crippen LogP contribution is -2.19. The lowest BCUT2D eigenvalue weighted by molar-refractivity contribution is -0.325. The van der Waals surface area contributed by atoms with Crippen LogP contribution in [0.1, 0.15) is 5.82 Å². The predicted octanol–water partition coefficient (Wildman–Crippen LogP) is 2.07. The standard InChI is InChI=1S/C12H14F3N3O/c13-12(14,15)19-8-7-18-10-4-2-1-3-9(10)17-11(18)5-6-16/h1-4H,5-8,16H2. The first-order valence-corrected chi connectivity index (χ1v) is 5.86. The minimum atomic E-state index is -4.61. The molecular formula is C12H14F3N3O. The highest BCUT2D eigenvalue weighted by Crippen LogP contribution is 2.19. The van der Waals surface area contributed by atoms with E-state index in [-0.39, 0.29) is 6.54 Å². The van der Waals surface area contributed by atoms with Crippen molar-refractivity contribution in [1.82, 2.24) is 9.55 Å². The quantitative estimate of drug-likeness (QED) is 0.907. The van der Waals surface area contributed by atoms with Crippen molar-refractivity contribution < 1.29 is 17.9 Å². The maximum Gasteiger partial charge on any atom is 0.522 e. The maximum atomic E-state index is 12.0. The molecule has 0 fully saturated rings. The Bertz CT molecular complexity index is 551. The molecule has 0 amide bonds. The van der Waals surface area contributed by atoms with Crippen LogP contribution in [0.5, 0.6) is 0 Å². The molecule has 0 radical (unpaired) electrons. The molecule has 0 bridgehead atoms. The number of nitrogens with two attached hydrogens (primary N) is 1. The summed E-state index contributed by atoms with van der Waals surface area (Å²) in [4.78, 5) is 4.36. The van der Waals surface area contributed by atoms with Gasteiger partial charge in [-0.15, -0.1) is 13.2 Å². The van der Waals surface area contributed by atoms with Crippen molar-refractivity contribution >= 4 is 11.0 Å². The Labute approximate surface area is 108 Å². The lowest BCUT2D eigenvalue weighted by Gasteiger charge is -2.10. The summed E-state index contributed by atoms with van der Waals surface area (Å²) < 4.78 is 41.5. The average Bonchev–Trinajstić information content (AvgIpc) is 2.67. The summed E-state index contributed by atoms with van der Waals surface area (Å²) in [6, 6.07) is 7.28. The molecule has 0 saturated heterocycles. The normalized spacial score (nSPS) is 12.2. The van der Waals surface area contributed by atoms with Gasteiger partial charge >= 0.3 is 6.36 Å². The van der Waals surface area contributed by atoms with Gasteiger partial charge in [-0.3, -0.25) is 4.74 Å². The van der Waals surface area contributed by atoms with E-state index in [1.165, 1.54) is 0 Å². The largest absolute Gasteiger partial charge is 0.522 e. The number of alkyl halides is 3. The third-order valence-electron chi connectivity index (χ3n) is 2.68. The van der Waals surface area contributed by atoms with Crippen LogP contribution in [0.25, 0.3) is 11.0 Å². The van der Waals surface area contributed by atoms with Crippen molar-refractivity contribution in [3.63, 3.8) is 0 Å². The van der Waals surface area contributed by atoms with Gasteiger partial charge in [0.1, 0.15) is 5.82 Å². The first kappa shape index (κ1) is 13.8. The second-order valence-electron chi connectivity index (χ2n) is 4.00. The number of fused-ring (bicyclic) bond motifs is 1. The fraction of sp³-hybridized carbons (Fsp3) is 0.417. The third-order valence-corrected chi connectivity index (χ3v) is 2.68. The van der Waals surface area contributed by atoms with Crippen molar-refractivity contribution in [1.29, 1.82) is 0 Å². The first-order valence-electron chi connectivity index (χ1n) is 5.86. The Hall–Kier alpha value is -1.60. The van der Waals surface area contributed by atoms with Crippen molar-refractivity contribution in [3.05, 3.63) is 30.1 Å². The number of para-hydroxylation sites is 2. The van der Waals surface area contributed by atoms with Crippen molar-refractivity contribution in [2.75, 3.05) is 13.2 Å². The van der Waals surface area contributed by atoms with Gasteiger partial charge in [-0.05, 0) is 18.7 Å². The van der Waals surface area contributed by atoms with E-state index in [4.69, 9.17) is 5.73 Å². The van der Waals surface area contributed by atoms with Gasteiger partial charge in [0.05, 0.1) is 17.6 Å². The second kappa shape index (κ2) is 5.58. The molecule has 7 heteroatoms. The third kappa shape index (κ3) is 3.45. The minimum absolute atomic E-state index is 0.0926. The molecule has 0 spiro atoms. The topological polar surface area (TPSA) is 53.1 Å². The molecule has 2 aromatic rings. The lowest BCUT2D eigenvalue weighted by atomic mass is 10.3. The summed E-state index contributed by atoms with van der Waals surface area (Å²) >= 11 is 0. The molecule has 104 valence electrons. The number of imidazole rings is 1. The molecule has 0 aliphatic rings. The van der Waals surface area contributed by atoms with Gasteiger partial charge in [-0.1, -0.05) is 12.1 Å². The Morgan fingerprint density at radius 1 is 1.26 bits per heavy atom. The van der Waals surface area contributed by atoms with Crippen LogP contribution in [0, 0.1) is 0 Å². The second-order valence-corrected chi connectivity index (χ2v) is 4.00. The molecule has 2 rings (SSSR count). The van der Waals surface area contributed by atoms with Crippen LogP contribution in [-0.2, 0) is 17.7 Å². The van der Waals surface area contributed by atoms with Gasteiger partial charge in [0.15, 0.2) is 0 Å². The van der Waals surface area contributed by atoms with E-state index in [2.05, 4.69) is 9.72 Å². The number of hydrogen-bond acceptors (Lipinski definition) is 3. The van der Waals surface area contributed by atoms with Crippen LogP contribution >= 0.6 is 0 Å². The van der Waals surface area contributed by atoms with E-state index in [0.717, 1.165) is 11.0 Å². The molecule has 0 unspecified atom stereocenters. The summed E-state index contributed by atoms with van der Waals surface area (Å²) in [5.41, 5.74) is 7.02. The molecule has 0 saturated carbocycles. The zero-order valence-electron chi connectivity index (χ0n) is 10.2. The van der Waals surface area contributed by atoms with E-state index in [1.807, 2.05) is 24.3 Å². The highest BCUT2D eigenvalue weighted by atomic mass is 19.4.